The van der Waals surface area contributed by atoms with Gasteiger partial charge in [0.05, 0.1) is 18.2 Å². The fourth-order valence-electron chi connectivity index (χ4n) is 1.24. The third-order valence-corrected chi connectivity index (χ3v) is 1.89. The van der Waals surface area contributed by atoms with E-state index in [-0.39, 0.29) is 0 Å². The molecule has 0 aliphatic carbocycles. The Kier molecular flexibility index (Phi) is 4.51. The van der Waals surface area contributed by atoms with Crippen LogP contribution in [0.25, 0.3) is 11.3 Å². The maximum atomic E-state index is 5.57. The SMILES string of the molecule is CCC.Cn1cncc1-c1ccnc(N)c1. The zero-order chi connectivity index (χ0) is 12.0. The van der Waals surface area contributed by atoms with Crippen LogP contribution in [0.1, 0.15) is 20.3 Å². The van der Waals surface area contributed by atoms with E-state index in [0.29, 0.717) is 5.82 Å². The molecule has 0 amide bonds. The molecule has 0 bridgehead atoms. The Morgan fingerprint density at radius 3 is 2.56 bits per heavy atom. The summed E-state index contributed by atoms with van der Waals surface area (Å²) in [7, 11) is 1.94. The molecule has 0 saturated heterocycles. The second-order valence-corrected chi connectivity index (χ2v) is 3.57. The molecule has 0 saturated carbocycles. The summed E-state index contributed by atoms with van der Waals surface area (Å²) in [4.78, 5) is 7.96. The lowest BCUT2D eigenvalue weighted by atomic mass is 10.2. The van der Waals surface area contributed by atoms with Crippen LogP contribution < -0.4 is 5.73 Å². The van der Waals surface area contributed by atoms with Gasteiger partial charge in [0.1, 0.15) is 5.82 Å². The molecule has 2 aromatic rings. The minimum atomic E-state index is 0.527. The molecule has 2 heterocycles. The first-order valence-electron chi connectivity index (χ1n) is 5.37. The highest BCUT2D eigenvalue weighted by atomic mass is 15.0. The molecule has 0 radical (unpaired) electrons. The van der Waals surface area contributed by atoms with E-state index in [1.54, 1.807) is 18.7 Å². The number of pyridine rings is 1. The van der Waals surface area contributed by atoms with Crippen molar-refractivity contribution in [1.82, 2.24) is 14.5 Å². The van der Waals surface area contributed by atoms with Crippen LogP contribution in [0.15, 0.2) is 30.9 Å². The van der Waals surface area contributed by atoms with Crippen molar-refractivity contribution in [2.75, 3.05) is 5.73 Å². The molecule has 2 aromatic heterocycles. The molecule has 86 valence electrons. The van der Waals surface area contributed by atoms with Gasteiger partial charge in [0.25, 0.3) is 0 Å². The van der Waals surface area contributed by atoms with Crippen LogP contribution in [0.2, 0.25) is 0 Å². The lowest BCUT2D eigenvalue weighted by Crippen LogP contribution is -1.92. The average Bonchev–Trinajstić information content (AvgIpc) is 2.65. The third-order valence-electron chi connectivity index (χ3n) is 1.89. The fraction of sp³-hybridized carbons (Fsp3) is 0.333. The lowest BCUT2D eigenvalue weighted by Gasteiger charge is -2.01. The highest BCUT2D eigenvalue weighted by molar-refractivity contribution is 5.61. The van der Waals surface area contributed by atoms with Gasteiger partial charge in [0, 0.05) is 18.8 Å². The Bertz CT molecular complexity index is 434. The van der Waals surface area contributed by atoms with Crippen LogP contribution in [-0.4, -0.2) is 14.5 Å². The number of imidazole rings is 1. The Balaban J connectivity index is 0.000000386. The minimum Gasteiger partial charge on any atom is -0.384 e. The number of hydrogen-bond acceptors (Lipinski definition) is 3. The van der Waals surface area contributed by atoms with Crippen LogP contribution in [-0.2, 0) is 7.05 Å². The van der Waals surface area contributed by atoms with Gasteiger partial charge in [-0.25, -0.2) is 9.97 Å². The molecule has 0 spiro atoms. The van der Waals surface area contributed by atoms with Crippen molar-refractivity contribution in [3.8, 4) is 11.3 Å². The van der Waals surface area contributed by atoms with Crippen molar-refractivity contribution in [3.63, 3.8) is 0 Å². The summed E-state index contributed by atoms with van der Waals surface area (Å²) in [5, 5.41) is 0. The second kappa shape index (κ2) is 5.90. The molecule has 0 fully saturated rings. The Labute approximate surface area is 96.2 Å². The third kappa shape index (κ3) is 3.08. The highest BCUT2D eigenvalue weighted by Crippen LogP contribution is 2.18. The van der Waals surface area contributed by atoms with E-state index in [0.717, 1.165) is 11.3 Å². The molecule has 0 aliphatic heterocycles. The first kappa shape index (κ1) is 12.2. The van der Waals surface area contributed by atoms with Crippen molar-refractivity contribution in [2.24, 2.45) is 7.05 Å². The smallest absolute Gasteiger partial charge is 0.123 e. The van der Waals surface area contributed by atoms with Crippen LogP contribution in [0.3, 0.4) is 0 Å². The monoisotopic (exact) mass is 218 g/mol. The lowest BCUT2D eigenvalue weighted by molar-refractivity contribution is 0.921. The van der Waals surface area contributed by atoms with Gasteiger partial charge in [-0.1, -0.05) is 20.3 Å². The Morgan fingerprint density at radius 2 is 2.06 bits per heavy atom. The van der Waals surface area contributed by atoms with E-state index in [2.05, 4.69) is 23.8 Å². The number of hydrogen-bond donors (Lipinski definition) is 1. The molecule has 4 heteroatoms. The van der Waals surface area contributed by atoms with Gasteiger partial charge in [0.2, 0.25) is 0 Å². The zero-order valence-corrected chi connectivity index (χ0v) is 10.0. The number of nitrogen functional groups attached to an aromatic ring is 1. The maximum absolute atomic E-state index is 5.57. The van der Waals surface area contributed by atoms with Crippen molar-refractivity contribution in [2.45, 2.75) is 20.3 Å². The number of aromatic nitrogens is 3. The van der Waals surface area contributed by atoms with Crippen LogP contribution in [0.4, 0.5) is 5.82 Å². The van der Waals surface area contributed by atoms with Crippen molar-refractivity contribution in [3.05, 3.63) is 30.9 Å². The minimum absolute atomic E-state index is 0.527. The van der Waals surface area contributed by atoms with Gasteiger partial charge in [-0.2, -0.15) is 0 Å². The first-order valence-corrected chi connectivity index (χ1v) is 5.37. The molecule has 0 unspecified atom stereocenters. The maximum Gasteiger partial charge on any atom is 0.123 e. The van der Waals surface area contributed by atoms with Gasteiger partial charge >= 0.3 is 0 Å². The number of rotatable bonds is 1. The van der Waals surface area contributed by atoms with Crippen LogP contribution in [0.5, 0.6) is 0 Å². The molecule has 4 nitrogen and oxygen atoms in total. The Hall–Kier alpha value is -1.84. The fourth-order valence-corrected chi connectivity index (χ4v) is 1.24. The standard InChI is InChI=1S/C9H10N4.C3H8/c1-13-6-11-5-8(13)7-2-3-12-9(10)4-7;1-3-2/h2-6H,1H3,(H2,10,12);3H2,1-2H3. The van der Waals surface area contributed by atoms with Crippen molar-refractivity contribution >= 4 is 5.82 Å². The predicted molar refractivity (Wildman–Crippen MR) is 66.8 cm³/mol. The van der Waals surface area contributed by atoms with Gasteiger partial charge in [-0.15, -0.1) is 0 Å². The van der Waals surface area contributed by atoms with E-state index in [4.69, 9.17) is 5.73 Å². The quantitative estimate of drug-likeness (QED) is 0.800. The van der Waals surface area contributed by atoms with Crippen molar-refractivity contribution < 1.29 is 0 Å². The number of anilines is 1. The summed E-state index contributed by atoms with van der Waals surface area (Å²) >= 11 is 0. The first-order chi connectivity index (χ1) is 7.69. The van der Waals surface area contributed by atoms with Crippen LogP contribution >= 0.6 is 0 Å². The summed E-state index contributed by atoms with van der Waals surface area (Å²) in [6, 6.07) is 3.74. The normalized spacial score (nSPS) is 9.44. The summed E-state index contributed by atoms with van der Waals surface area (Å²) in [5.41, 5.74) is 7.64. The van der Waals surface area contributed by atoms with E-state index < -0.39 is 0 Å². The number of aryl methyl sites for hydroxylation is 1. The van der Waals surface area contributed by atoms with E-state index in [9.17, 15) is 0 Å². The van der Waals surface area contributed by atoms with Crippen LogP contribution in [0, 0.1) is 0 Å². The van der Waals surface area contributed by atoms with Crippen molar-refractivity contribution in [1.29, 1.82) is 0 Å². The zero-order valence-electron chi connectivity index (χ0n) is 10.0. The van der Waals surface area contributed by atoms with Gasteiger partial charge in [0.15, 0.2) is 0 Å². The summed E-state index contributed by atoms with van der Waals surface area (Å²) in [6.45, 7) is 4.25. The molecular weight excluding hydrogens is 200 g/mol. The molecular formula is C12H18N4. The summed E-state index contributed by atoms with van der Waals surface area (Å²) < 4.78 is 1.94. The molecule has 0 aromatic carbocycles. The second-order valence-electron chi connectivity index (χ2n) is 3.57. The van der Waals surface area contributed by atoms with Gasteiger partial charge in [-0.05, 0) is 12.1 Å². The Morgan fingerprint density at radius 1 is 1.38 bits per heavy atom. The molecule has 0 aliphatic rings. The summed E-state index contributed by atoms with van der Waals surface area (Å²) in [5.74, 6) is 0.527. The number of nitrogens with two attached hydrogens (primary N) is 1. The largest absolute Gasteiger partial charge is 0.384 e. The number of nitrogens with zero attached hydrogens (tertiary/aromatic N) is 3. The predicted octanol–water partition coefficient (Wildman–Crippen LogP) is 2.48. The molecule has 0 atom stereocenters. The molecule has 2 N–H and O–H groups in total. The summed E-state index contributed by atoms with van der Waals surface area (Å²) in [6.07, 6.45) is 6.50. The van der Waals surface area contributed by atoms with E-state index >= 15 is 0 Å². The highest BCUT2D eigenvalue weighted by Gasteiger charge is 2.01. The van der Waals surface area contributed by atoms with Gasteiger partial charge in [-0.3, -0.25) is 0 Å². The molecule has 2 rings (SSSR count). The van der Waals surface area contributed by atoms with Gasteiger partial charge < -0.3 is 10.3 Å². The topological polar surface area (TPSA) is 56.7 Å². The van der Waals surface area contributed by atoms with E-state index in [1.807, 2.05) is 23.7 Å². The van der Waals surface area contributed by atoms with E-state index in [1.165, 1.54) is 6.42 Å². The molecule has 16 heavy (non-hydrogen) atoms. The average molecular weight is 218 g/mol.